The zero-order valence-corrected chi connectivity index (χ0v) is 18.6. The number of carboxylic acids is 1. The number of phenolic OH excluding ortho intramolecular Hbond substituents is 1. The van der Waals surface area contributed by atoms with Crippen molar-refractivity contribution in [3.05, 3.63) is 53.1 Å². The van der Waals surface area contributed by atoms with Crippen LogP contribution in [0, 0.1) is 24.6 Å². The van der Waals surface area contributed by atoms with Gasteiger partial charge in [0.15, 0.2) is 11.6 Å². The molecule has 11 heteroatoms. The van der Waals surface area contributed by atoms with Crippen LogP contribution in [0.3, 0.4) is 0 Å². The number of nitrogens with one attached hydrogen (secondary N) is 1. The van der Waals surface area contributed by atoms with Crippen molar-refractivity contribution in [3.63, 3.8) is 0 Å². The number of pyridine rings is 1. The standard InChI is InChI=1S/C23H25FN6O4/c1-13-8-17(10-19(26-13)22(32)25-11-15-4-7-18(24)20(31)9-15)21-27-29-30(28-21)12-14-2-5-16(6-3-14)23(33)34/h4,7-10,14,16,31H,2-3,5-6,11-12H2,1H3,(H,25,32)(H,33,34). The maximum atomic E-state index is 13.2. The van der Waals surface area contributed by atoms with E-state index in [2.05, 4.69) is 25.7 Å². The third kappa shape index (κ3) is 5.53. The lowest BCUT2D eigenvalue weighted by Crippen LogP contribution is -2.24. The zero-order chi connectivity index (χ0) is 24.2. The van der Waals surface area contributed by atoms with E-state index in [1.807, 2.05) is 0 Å². The van der Waals surface area contributed by atoms with Gasteiger partial charge in [-0.2, -0.15) is 4.80 Å². The molecule has 34 heavy (non-hydrogen) atoms. The number of hydrogen-bond donors (Lipinski definition) is 3. The van der Waals surface area contributed by atoms with Crippen molar-refractivity contribution in [3.8, 4) is 17.1 Å². The third-order valence-electron chi connectivity index (χ3n) is 5.98. The van der Waals surface area contributed by atoms with Gasteiger partial charge in [0, 0.05) is 17.8 Å². The van der Waals surface area contributed by atoms with Crippen LogP contribution < -0.4 is 5.32 Å². The Balaban J connectivity index is 1.41. The maximum absolute atomic E-state index is 13.2. The Kier molecular flexibility index (Phi) is 6.80. The Morgan fingerprint density at radius 2 is 1.94 bits per heavy atom. The van der Waals surface area contributed by atoms with E-state index in [0.717, 1.165) is 18.9 Å². The van der Waals surface area contributed by atoms with Gasteiger partial charge in [-0.15, -0.1) is 10.2 Å². The van der Waals surface area contributed by atoms with E-state index in [4.69, 9.17) is 5.11 Å². The number of carbonyl (C=O) groups is 2. The molecule has 3 N–H and O–H groups in total. The summed E-state index contributed by atoms with van der Waals surface area (Å²) in [5.41, 5.74) is 1.91. The molecule has 1 fully saturated rings. The largest absolute Gasteiger partial charge is 0.505 e. The molecule has 0 bridgehead atoms. The van der Waals surface area contributed by atoms with Gasteiger partial charge in [-0.05, 0) is 73.6 Å². The van der Waals surface area contributed by atoms with Crippen LogP contribution in [-0.2, 0) is 17.9 Å². The van der Waals surface area contributed by atoms with Gasteiger partial charge < -0.3 is 15.5 Å². The summed E-state index contributed by atoms with van der Waals surface area (Å²) in [6, 6.07) is 7.19. The number of carboxylic acid groups (broad SMARTS) is 1. The lowest BCUT2D eigenvalue weighted by molar-refractivity contribution is -0.143. The number of rotatable bonds is 7. The SMILES string of the molecule is Cc1cc(-c2nnn(CC3CCC(C(=O)O)CC3)n2)cc(C(=O)NCc2ccc(F)c(O)c2)n1. The minimum Gasteiger partial charge on any atom is -0.505 e. The van der Waals surface area contributed by atoms with Crippen LogP contribution in [0.2, 0.25) is 0 Å². The van der Waals surface area contributed by atoms with Crippen molar-refractivity contribution >= 4 is 11.9 Å². The van der Waals surface area contributed by atoms with Gasteiger partial charge in [0.25, 0.3) is 5.91 Å². The molecule has 2 aromatic heterocycles. The number of amides is 1. The second-order valence-corrected chi connectivity index (χ2v) is 8.57. The average Bonchev–Trinajstić information content (AvgIpc) is 3.28. The normalized spacial score (nSPS) is 17.9. The van der Waals surface area contributed by atoms with Gasteiger partial charge >= 0.3 is 5.97 Å². The zero-order valence-electron chi connectivity index (χ0n) is 18.6. The number of hydrogen-bond acceptors (Lipinski definition) is 7. The van der Waals surface area contributed by atoms with E-state index < -0.39 is 23.4 Å². The first kappa shape index (κ1) is 23.3. The van der Waals surface area contributed by atoms with Crippen molar-refractivity contribution in [1.29, 1.82) is 0 Å². The first-order chi connectivity index (χ1) is 16.3. The van der Waals surface area contributed by atoms with E-state index in [0.29, 0.717) is 47.9 Å². The molecule has 1 saturated carbocycles. The molecular weight excluding hydrogens is 443 g/mol. The van der Waals surface area contributed by atoms with Crippen LogP contribution in [-0.4, -0.2) is 47.3 Å². The molecule has 0 aliphatic heterocycles. The highest BCUT2D eigenvalue weighted by atomic mass is 19.1. The number of phenols is 1. The number of aryl methyl sites for hydroxylation is 1. The molecule has 3 aromatic rings. The lowest BCUT2D eigenvalue weighted by atomic mass is 9.82. The number of aliphatic carboxylic acids is 1. The lowest BCUT2D eigenvalue weighted by Gasteiger charge is -2.25. The van der Waals surface area contributed by atoms with Gasteiger partial charge in [-0.1, -0.05) is 6.07 Å². The minimum atomic E-state index is -0.733. The number of benzene rings is 1. The van der Waals surface area contributed by atoms with Crippen molar-refractivity contribution in [1.82, 2.24) is 30.5 Å². The second-order valence-electron chi connectivity index (χ2n) is 8.57. The number of nitrogens with zero attached hydrogens (tertiary/aromatic N) is 5. The Bertz CT molecular complexity index is 1210. The van der Waals surface area contributed by atoms with Crippen molar-refractivity contribution in [2.45, 2.75) is 45.7 Å². The quantitative estimate of drug-likeness (QED) is 0.480. The number of tetrazole rings is 1. The van der Waals surface area contributed by atoms with E-state index in [1.54, 1.807) is 19.1 Å². The highest BCUT2D eigenvalue weighted by Crippen LogP contribution is 2.30. The van der Waals surface area contributed by atoms with Gasteiger partial charge in [-0.25, -0.2) is 9.37 Å². The van der Waals surface area contributed by atoms with Gasteiger partial charge in [-0.3, -0.25) is 9.59 Å². The molecule has 0 spiro atoms. The minimum absolute atomic E-state index is 0.0934. The summed E-state index contributed by atoms with van der Waals surface area (Å²) in [7, 11) is 0. The Morgan fingerprint density at radius 3 is 2.65 bits per heavy atom. The van der Waals surface area contributed by atoms with Gasteiger partial charge in [0.05, 0.1) is 12.5 Å². The van der Waals surface area contributed by atoms with E-state index in [-0.39, 0.29) is 18.2 Å². The van der Waals surface area contributed by atoms with Crippen LogP contribution in [0.4, 0.5) is 4.39 Å². The molecule has 4 rings (SSSR count). The highest BCUT2D eigenvalue weighted by molar-refractivity contribution is 5.93. The van der Waals surface area contributed by atoms with Crippen LogP contribution in [0.15, 0.2) is 30.3 Å². The Morgan fingerprint density at radius 1 is 1.18 bits per heavy atom. The molecular formula is C23H25FN6O4. The van der Waals surface area contributed by atoms with Crippen LogP contribution in [0.25, 0.3) is 11.4 Å². The molecule has 0 atom stereocenters. The molecule has 0 saturated heterocycles. The molecule has 0 unspecified atom stereocenters. The molecule has 10 nitrogen and oxygen atoms in total. The topological polar surface area (TPSA) is 143 Å². The molecule has 178 valence electrons. The van der Waals surface area contributed by atoms with Crippen LogP contribution in [0.5, 0.6) is 5.75 Å². The first-order valence-electron chi connectivity index (χ1n) is 11.0. The number of aromatic nitrogens is 5. The summed E-state index contributed by atoms with van der Waals surface area (Å²) < 4.78 is 13.2. The molecule has 1 aliphatic carbocycles. The van der Waals surface area contributed by atoms with Crippen molar-refractivity contribution < 1.29 is 24.2 Å². The summed E-state index contributed by atoms with van der Waals surface area (Å²) in [4.78, 5) is 29.5. The van der Waals surface area contributed by atoms with Crippen LogP contribution >= 0.6 is 0 Å². The second kappa shape index (κ2) is 9.94. The smallest absolute Gasteiger partial charge is 0.306 e. The van der Waals surface area contributed by atoms with Crippen molar-refractivity contribution in [2.75, 3.05) is 0 Å². The summed E-state index contributed by atoms with van der Waals surface area (Å²) in [6.45, 7) is 2.40. The number of aromatic hydroxyl groups is 1. The molecule has 1 amide bonds. The summed E-state index contributed by atoms with van der Waals surface area (Å²) >= 11 is 0. The fraction of sp³-hybridized carbons (Fsp3) is 0.391. The van der Waals surface area contributed by atoms with E-state index in [9.17, 15) is 19.1 Å². The molecule has 2 heterocycles. The summed E-state index contributed by atoms with van der Waals surface area (Å²) in [5, 5.41) is 34.0. The Labute approximate surface area is 194 Å². The predicted octanol–water partition coefficient (Wildman–Crippen LogP) is 2.71. The van der Waals surface area contributed by atoms with Crippen molar-refractivity contribution in [2.24, 2.45) is 11.8 Å². The monoisotopic (exact) mass is 468 g/mol. The number of carbonyl (C=O) groups excluding carboxylic acids is 1. The third-order valence-corrected chi connectivity index (χ3v) is 5.98. The van der Waals surface area contributed by atoms with Crippen LogP contribution in [0.1, 0.15) is 47.4 Å². The van der Waals surface area contributed by atoms with Gasteiger partial charge in [0.1, 0.15) is 5.69 Å². The molecule has 0 radical (unpaired) electrons. The Hall–Kier alpha value is -3.89. The molecule has 1 aromatic carbocycles. The maximum Gasteiger partial charge on any atom is 0.306 e. The van der Waals surface area contributed by atoms with E-state index >= 15 is 0 Å². The highest BCUT2D eigenvalue weighted by Gasteiger charge is 2.26. The predicted molar refractivity (Wildman–Crippen MR) is 118 cm³/mol. The summed E-state index contributed by atoms with van der Waals surface area (Å²) in [6.07, 6.45) is 2.92. The molecule has 1 aliphatic rings. The average molecular weight is 468 g/mol. The summed E-state index contributed by atoms with van der Waals surface area (Å²) in [5.74, 6) is -1.99. The first-order valence-corrected chi connectivity index (χ1v) is 11.0. The van der Waals surface area contributed by atoms with Gasteiger partial charge in [0.2, 0.25) is 5.82 Å². The fourth-order valence-corrected chi connectivity index (χ4v) is 4.11. The fourth-order valence-electron chi connectivity index (χ4n) is 4.11. The number of halogens is 1. The van der Waals surface area contributed by atoms with E-state index in [1.165, 1.54) is 16.9 Å².